The minimum Gasteiger partial charge on any atom is -0.376 e. The number of fused-ring (bicyclic) bond motifs is 1. The Balaban J connectivity index is 0.00000150. The number of carbonyl (C=O) groups is 1. The summed E-state index contributed by atoms with van der Waals surface area (Å²) in [7, 11) is 0. The van der Waals surface area contributed by atoms with Gasteiger partial charge in [-0.1, -0.05) is 30.3 Å². The van der Waals surface area contributed by atoms with Crippen molar-refractivity contribution in [1.29, 1.82) is 0 Å². The van der Waals surface area contributed by atoms with Gasteiger partial charge in [-0.3, -0.25) is 9.69 Å². The number of morpholine rings is 1. The predicted molar refractivity (Wildman–Crippen MR) is 120 cm³/mol. The fourth-order valence-corrected chi connectivity index (χ4v) is 4.72. The monoisotopic (exact) mass is 458 g/mol. The standard InChI is InChI=1S/C20H26N4O2S.2ClH/c1-13-9-24-10-15(8-16(24)11-26-13)22-19(25)18-12-27-20(23-18)17(21)7-14-5-3-2-4-6-14;;/h2-6,12-13,15-17H,7-11,21H2,1H3,(H,22,25);2*1H/t13-,15-,16-,17-;;/m0../s1. The van der Waals surface area contributed by atoms with Gasteiger partial charge in [-0.2, -0.15) is 0 Å². The van der Waals surface area contributed by atoms with Crippen molar-refractivity contribution in [3.8, 4) is 0 Å². The molecule has 4 rings (SSSR count). The lowest BCUT2D eigenvalue weighted by Gasteiger charge is -2.33. The number of nitrogens with zero attached hydrogens (tertiary/aromatic N) is 2. The molecular formula is C20H28Cl2N4O2S. The molecular weight excluding hydrogens is 431 g/mol. The summed E-state index contributed by atoms with van der Waals surface area (Å²) >= 11 is 1.46. The zero-order valence-corrected chi connectivity index (χ0v) is 18.8. The van der Waals surface area contributed by atoms with Crippen molar-refractivity contribution in [2.45, 2.75) is 44.0 Å². The highest BCUT2D eigenvalue weighted by Crippen LogP contribution is 2.24. The number of nitrogens with two attached hydrogens (primary N) is 1. The van der Waals surface area contributed by atoms with Crippen LogP contribution in [-0.4, -0.2) is 53.7 Å². The Kier molecular flexibility index (Phi) is 8.88. The quantitative estimate of drug-likeness (QED) is 0.719. The molecule has 1 amide bonds. The third-order valence-corrected chi connectivity index (χ3v) is 6.27. The van der Waals surface area contributed by atoms with E-state index in [0.717, 1.165) is 31.1 Å². The molecule has 4 atom stereocenters. The van der Waals surface area contributed by atoms with Crippen LogP contribution in [0, 0.1) is 0 Å². The molecule has 2 aliphatic heterocycles. The molecule has 0 bridgehead atoms. The van der Waals surface area contributed by atoms with Crippen LogP contribution >= 0.6 is 36.2 Å². The summed E-state index contributed by atoms with van der Waals surface area (Å²) in [6.07, 6.45) is 1.92. The molecule has 0 unspecified atom stereocenters. The summed E-state index contributed by atoms with van der Waals surface area (Å²) in [6.45, 7) is 4.67. The Bertz CT molecular complexity index is 792. The number of rotatable bonds is 5. The highest BCUT2D eigenvalue weighted by Gasteiger charge is 2.37. The van der Waals surface area contributed by atoms with Gasteiger partial charge in [-0.15, -0.1) is 36.2 Å². The van der Waals surface area contributed by atoms with Crippen molar-refractivity contribution in [3.05, 3.63) is 52.0 Å². The van der Waals surface area contributed by atoms with Crippen molar-refractivity contribution in [1.82, 2.24) is 15.2 Å². The van der Waals surface area contributed by atoms with E-state index in [1.165, 1.54) is 16.9 Å². The van der Waals surface area contributed by atoms with Gasteiger partial charge in [0.2, 0.25) is 0 Å². The van der Waals surface area contributed by atoms with E-state index in [9.17, 15) is 4.79 Å². The number of carbonyl (C=O) groups excluding carboxylic acids is 1. The molecule has 29 heavy (non-hydrogen) atoms. The number of amides is 1. The van der Waals surface area contributed by atoms with Crippen molar-refractivity contribution >= 4 is 42.1 Å². The van der Waals surface area contributed by atoms with E-state index in [0.29, 0.717) is 18.2 Å². The van der Waals surface area contributed by atoms with Gasteiger partial charge < -0.3 is 15.8 Å². The second kappa shape index (κ2) is 10.7. The van der Waals surface area contributed by atoms with Gasteiger partial charge in [0.05, 0.1) is 18.8 Å². The fraction of sp³-hybridized carbons (Fsp3) is 0.500. The van der Waals surface area contributed by atoms with Gasteiger partial charge in [0.1, 0.15) is 10.7 Å². The number of aromatic nitrogens is 1. The minimum absolute atomic E-state index is 0. The first-order valence-electron chi connectivity index (χ1n) is 9.50. The second-order valence-corrected chi connectivity index (χ2v) is 8.41. The highest BCUT2D eigenvalue weighted by molar-refractivity contribution is 7.09. The predicted octanol–water partition coefficient (Wildman–Crippen LogP) is 2.82. The minimum atomic E-state index is -0.196. The van der Waals surface area contributed by atoms with Crippen LogP contribution in [0.3, 0.4) is 0 Å². The molecule has 2 aromatic rings. The van der Waals surface area contributed by atoms with E-state index in [-0.39, 0.29) is 48.9 Å². The molecule has 0 spiro atoms. The van der Waals surface area contributed by atoms with Gasteiger partial charge >= 0.3 is 0 Å². The number of ether oxygens (including phenoxy) is 1. The first kappa shape index (κ1) is 24.1. The Morgan fingerprint density at radius 2 is 2.10 bits per heavy atom. The van der Waals surface area contributed by atoms with Gasteiger partial charge in [0, 0.05) is 30.6 Å². The molecule has 160 valence electrons. The van der Waals surface area contributed by atoms with Crippen LogP contribution in [0.4, 0.5) is 0 Å². The summed E-state index contributed by atoms with van der Waals surface area (Å²) < 4.78 is 5.73. The first-order chi connectivity index (χ1) is 13.1. The Morgan fingerprint density at radius 3 is 2.86 bits per heavy atom. The summed E-state index contributed by atoms with van der Waals surface area (Å²) in [5.41, 5.74) is 7.93. The number of benzene rings is 1. The topological polar surface area (TPSA) is 80.5 Å². The van der Waals surface area contributed by atoms with Crippen molar-refractivity contribution in [2.24, 2.45) is 5.73 Å². The lowest BCUT2D eigenvalue weighted by molar-refractivity contribution is -0.0390. The molecule has 0 saturated carbocycles. The Hall–Kier alpha value is -1.22. The zero-order valence-electron chi connectivity index (χ0n) is 16.3. The third-order valence-electron chi connectivity index (χ3n) is 5.30. The van der Waals surface area contributed by atoms with Crippen LogP contribution in [0.2, 0.25) is 0 Å². The number of thiazole rings is 1. The number of hydrogen-bond donors (Lipinski definition) is 2. The third kappa shape index (κ3) is 5.90. The van der Waals surface area contributed by atoms with Crippen molar-refractivity contribution in [3.63, 3.8) is 0 Å². The SMILES string of the molecule is C[C@H]1CN2C[C@@H](NC(=O)c3csc([C@@H](N)Cc4ccccc4)n3)C[C@H]2CO1.Cl.Cl. The van der Waals surface area contributed by atoms with E-state index in [1.807, 2.05) is 23.6 Å². The first-order valence-corrected chi connectivity index (χ1v) is 10.4. The van der Waals surface area contributed by atoms with Gasteiger partial charge in [0.25, 0.3) is 5.91 Å². The molecule has 0 radical (unpaired) electrons. The van der Waals surface area contributed by atoms with Crippen molar-refractivity contribution in [2.75, 3.05) is 19.7 Å². The van der Waals surface area contributed by atoms with Crippen LogP contribution < -0.4 is 11.1 Å². The molecule has 2 fully saturated rings. The molecule has 6 nitrogen and oxygen atoms in total. The van der Waals surface area contributed by atoms with E-state index in [1.54, 1.807) is 0 Å². The maximum Gasteiger partial charge on any atom is 0.271 e. The molecule has 9 heteroatoms. The van der Waals surface area contributed by atoms with E-state index in [2.05, 4.69) is 34.3 Å². The van der Waals surface area contributed by atoms with E-state index >= 15 is 0 Å². The average Bonchev–Trinajstić information content (AvgIpc) is 3.29. The number of halogens is 2. The Morgan fingerprint density at radius 1 is 1.34 bits per heavy atom. The van der Waals surface area contributed by atoms with Gasteiger partial charge in [-0.25, -0.2) is 4.98 Å². The van der Waals surface area contributed by atoms with Crippen molar-refractivity contribution < 1.29 is 9.53 Å². The molecule has 3 heterocycles. The maximum absolute atomic E-state index is 12.6. The lowest BCUT2D eigenvalue weighted by atomic mass is 10.1. The second-order valence-electron chi connectivity index (χ2n) is 7.52. The summed E-state index contributed by atoms with van der Waals surface area (Å²) in [5.74, 6) is -0.108. The number of hydrogen-bond acceptors (Lipinski definition) is 6. The largest absolute Gasteiger partial charge is 0.376 e. The molecule has 2 saturated heterocycles. The van der Waals surface area contributed by atoms with Crippen LogP contribution in [0.25, 0.3) is 0 Å². The van der Waals surface area contributed by atoms with Gasteiger partial charge in [0.15, 0.2) is 0 Å². The molecule has 1 aromatic heterocycles. The molecule has 0 aliphatic carbocycles. The zero-order chi connectivity index (χ0) is 18.8. The van der Waals surface area contributed by atoms with Crippen LogP contribution in [0.15, 0.2) is 35.7 Å². The smallest absolute Gasteiger partial charge is 0.271 e. The van der Waals surface area contributed by atoms with Crippen LogP contribution in [-0.2, 0) is 11.2 Å². The van der Waals surface area contributed by atoms with Crippen LogP contribution in [0.1, 0.15) is 40.4 Å². The summed E-state index contributed by atoms with van der Waals surface area (Å²) in [4.78, 5) is 19.5. The van der Waals surface area contributed by atoms with Crippen LogP contribution in [0.5, 0.6) is 0 Å². The highest BCUT2D eigenvalue weighted by atomic mass is 35.5. The van der Waals surface area contributed by atoms with E-state index in [4.69, 9.17) is 10.5 Å². The molecule has 1 aromatic carbocycles. The fourth-order valence-electron chi connectivity index (χ4n) is 3.92. The summed E-state index contributed by atoms with van der Waals surface area (Å²) in [6, 6.07) is 10.5. The normalized spacial score (nSPS) is 24.7. The molecule has 3 N–H and O–H groups in total. The average molecular weight is 459 g/mol. The Labute approximate surface area is 188 Å². The maximum atomic E-state index is 12.6. The summed E-state index contributed by atoms with van der Waals surface area (Å²) in [5, 5.41) is 5.75. The van der Waals surface area contributed by atoms with Gasteiger partial charge in [-0.05, 0) is 25.3 Å². The molecule has 2 aliphatic rings. The lowest BCUT2D eigenvalue weighted by Crippen LogP contribution is -2.45. The number of nitrogens with one attached hydrogen (secondary N) is 1. The van der Waals surface area contributed by atoms with E-state index < -0.39 is 0 Å².